The van der Waals surface area contributed by atoms with Gasteiger partial charge < -0.3 is 10.2 Å². The van der Waals surface area contributed by atoms with E-state index in [0.29, 0.717) is 6.04 Å². The van der Waals surface area contributed by atoms with E-state index in [1.54, 1.807) is 12.1 Å². The fourth-order valence-electron chi connectivity index (χ4n) is 2.88. The van der Waals surface area contributed by atoms with Crippen LogP contribution in [0.1, 0.15) is 20.3 Å². The first kappa shape index (κ1) is 15.3. The molecule has 1 aromatic carbocycles. The highest BCUT2D eigenvalue weighted by molar-refractivity contribution is 5.48. The number of hydrogen-bond donors (Lipinski definition) is 1. The molecule has 1 N–H and O–H groups in total. The Bertz CT molecular complexity index is 402. The second-order valence-electron chi connectivity index (χ2n) is 5.34. The minimum atomic E-state index is -0.111. The fraction of sp³-hybridized carbons (Fsp3) is 0.625. The fourth-order valence-corrected chi connectivity index (χ4v) is 2.88. The maximum atomic E-state index is 13.8. The van der Waals surface area contributed by atoms with E-state index in [4.69, 9.17) is 0 Å². The van der Waals surface area contributed by atoms with Gasteiger partial charge in [-0.25, -0.2) is 4.39 Å². The number of likely N-dealkylation sites (N-methyl/N-ethyl adjacent to an activating group) is 1. The van der Waals surface area contributed by atoms with E-state index in [9.17, 15) is 4.39 Å². The Morgan fingerprint density at radius 1 is 1.15 bits per heavy atom. The van der Waals surface area contributed by atoms with Gasteiger partial charge >= 0.3 is 0 Å². The molecule has 1 saturated heterocycles. The van der Waals surface area contributed by atoms with Crippen LogP contribution in [0, 0.1) is 5.82 Å². The first-order chi connectivity index (χ1) is 9.76. The monoisotopic (exact) mass is 279 g/mol. The molecule has 0 saturated carbocycles. The average molecular weight is 279 g/mol. The Kier molecular flexibility index (Phi) is 5.80. The highest BCUT2D eigenvalue weighted by Crippen LogP contribution is 2.21. The van der Waals surface area contributed by atoms with Gasteiger partial charge in [-0.15, -0.1) is 0 Å². The Hall–Kier alpha value is -1.13. The summed E-state index contributed by atoms with van der Waals surface area (Å²) < 4.78 is 13.8. The van der Waals surface area contributed by atoms with Crippen LogP contribution in [0.25, 0.3) is 0 Å². The third-order valence-corrected chi connectivity index (χ3v) is 4.13. The largest absolute Gasteiger partial charge is 0.367 e. The third kappa shape index (κ3) is 3.70. The van der Waals surface area contributed by atoms with Gasteiger partial charge in [-0.05, 0) is 25.1 Å². The summed E-state index contributed by atoms with van der Waals surface area (Å²) in [5.74, 6) is -0.111. The molecule has 1 aromatic rings. The summed E-state index contributed by atoms with van der Waals surface area (Å²) in [5, 5.41) is 3.43. The van der Waals surface area contributed by atoms with Gasteiger partial charge in [-0.3, -0.25) is 4.90 Å². The number of para-hydroxylation sites is 1. The van der Waals surface area contributed by atoms with Crippen LogP contribution in [-0.4, -0.2) is 50.2 Å². The molecule has 1 atom stereocenters. The molecule has 0 aromatic heterocycles. The van der Waals surface area contributed by atoms with Gasteiger partial charge in [0.05, 0.1) is 5.69 Å². The minimum absolute atomic E-state index is 0.111. The molecule has 0 spiro atoms. The molecular formula is C16H26FN3. The summed E-state index contributed by atoms with van der Waals surface area (Å²) >= 11 is 0. The molecule has 20 heavy (non-hydrogen) atoms. The summed E-state index contributed by atoms with van der Waals surface area (Å²) in [5.41, 5.74) is 0.742. The molecule has 1 aliphatic rings. The zero-order valence-corrected chi connectivity index (χ0v) is 12.6. The van der Waals surface area contributed by atoms with E-state index in [-0.39, 0.29) is 5.82 Å². The second-order valence-corrected chi connectivity index (χ2v) is 5.34. The smallest absolute Gasteiger partial charge is 0.146 e. The molecule has 0 bridgehead atoms. The van der Waals surface area contributed by atoms with Crippen LogP contribution >= 0.6 is 0 Å². The molecule has 112 valence electrons. The zero-order valence-electron chi connectivity index (χ0n) is 12.6. The Morgan fingerprint density at radius 2 is 1.85 bits per heavy atom. The summed E-state index contributed by atoms with van der Waals surface area (Å²) in [6.07, 6.45) is 1.16. The lowest BCUT2D eigenvalue weighted by Crippen LogP contribution is -2.52. The van der Waals surface area contributed by atoms with Crippen molar-refractivity contribution < 1.29 is 4.39 Å². The van der Waals surface area contributed by atoms with Crippen molar-refractivity contribution in [3.05, 3.63) is 30.1 Å². The van der Waals surface area contributed by atoms with Gasteiger partial charge in [0, 0.05) is 38.8 Å². The lowest BCUT2D eigenvalue weighted by atomic mass is 10.1. The Labute approximate surface area is 121 Å². The van der Waals surface area contributed by atoms with Gasteiger partial charge in [0.25, 0.3) is 0 Å². The minimum Gasteiger partial charge on any atom is -0.367 e. The molecule has 0 amide bonds. The molecule has 1 unspecified atom stereocenters. The van der Waals surface area contributed by atoms with E-state index in [2.05, 4.69) is 29.0 Å². The van der Waals surface area contributed by atoms with Gasteiger partial charge in [-0.1, -0.05) is 26.0 Å². The lowest BCUT2D eigenvalue weighted by Gasteiger charge is -2.40. The molecule has 0 radical (unpaired) electrons. The van der Waals surface area contributed by atoms with Crippen molar-refractivity contribution in [2.45, 2.75) is 26.3 Å². The number of nitrogens with zero attached hydrogens (tertiary/aromatic N) is 2. The van der Waals surface area contributed by atoms with E-state index in [0.717, 1.165) is 51.4 Å². The second kappa shape index (κ2) is 7.60. The lowest BCUT2D eigenvalue weighted by molar-refractivity contribution is 0.176. The predicted molar refractivity (Wildman–Crippen MR) is 82.8 cm³/mol. The van der Waals surface area contributed by atoms with Crippen LogP contribution in [0.2, 0.25) is 0 Å². The van der Waals surface area contributed by atoms with Crippen molar-refractivity contribution in [3.8, 4) is 0 Å². The summed E-state index contributed by atoms with van der Waals surface area (Å²) in [6.45, 7) is 10.3. The molecule has 1 heterocycles. The standard InChI is InChI=1S/C16H26FN3/c1-3-14(13-18-4-2)19-9-11-20(12-10-19)16-8-6-5-7-15(16)17/h5-8,14,18H,3-4,9-13H2,1-2H3. The molecule has 4 heteroatoms. The average Bonchev–Trinajstić information content (AvgIpc) is 2.49. The van der Waals surface area contributed by atoms with Crippen LogP contribution in [0.3, 0.4) is 0 Å². The Morgan fingerprint density at radius 3 is 2.45 bits per heavy atom. The Balaban J connectivity index is 1.90. The summed E-state index contributed by atoms with van der Waals surface area (Å²) in [4.78, 5) is 4.69. The van der Waals surface area contributed by atoms with Crippen molar-refractivity contribution >= 4 is 5.69 Å². The van der Waals surface area contributed by atoms with Gasteiger partial charge in [0.15, 0.2) is 0 Å². The number of hydrogen-bond acceptors (Lipinski definition) is 3. The number of rotatable bonds is 6. The molecule has 2 rings (SSSR count). The van der Waals surface area contributed by atoms with Crippen LogP contribution in [-0.2, 0) is 0 Å². The molecule has 1 aliphatic heterocycles. The number of benzene rings is 1. The zero-order chi connectivity index (χ0) is 14.4. The van der Waals surface area contributed by atoms with Crippen molar-refractivity contribution in [2.24, 2.45) is 0 Å². The van der Waals surface area contributed by atoms with E-state index >= 15 is 0 Å². The molecule has 0 aliphatic carbocycles. The van der Waals surface area contributed by atoms with E-state index in [1.165, 1.54) is 0 Å². The first-order valence-electron chi connectivity index (χ1n) is 7.70. The van der Waals surface area contributed by atoms with E-state index < -0.39 is 0 Å². The summed E-state index contributed by atoms with van der Waals surface area (Å²) in [7, 11) is 0. The molecular weight excluding hydrogens is 253 g/mol. The van der Waals surface area contributed by atoms with E-state index in [1.807, 2.05) is 12.1 Å². The maximum Gasteiger partial charge on any atom is 0.146 e. The topological polar surface area (TPSA) is 18.5 Å². The van der Waals surface area contributed by atoms with Gasteiger partial charge in [0.1, 0.15) is 5.82 Å². The van der Waals surface area contributed by atoms with Gasteiger partial charge in [-0.2, -0.15) is 0 Å². The summed E-state index contributed by atoms with van der Waals surface area (Å²) in [6, 6.07) is 7.67. The molecule has 1 fully saturated rings. The van der Waals surface area contributed by atoms with Crippen molar-refractivity contribution in [1.29, 1.82) is 0 Å². The van der Waals surface area contributed by atoms with Crippen LogP contribution < -0.4 is 10.2 Å². The van der Waals surface area contributed by atoms with Crippen LogP contribution in [0.5, 0.6) is 0 Å². The number of nitrogens with one attached hydrogen (secondary N) is 1. The normalized spacial score (nSPS) is 18.2. The quantitative estimate of drug-likeness (QED) is 0.862. The number of piperazine rings is 1. The van der Waals surface area contributed by atoms with Crippen molar-refractivity contribution in [1.82, 2.24) is 10.2 Å². The number of anilines is 1. The predicted octanol–water partition coefficient (Wildman–Crippen LogP) is 2.34. The number of halogens is 1. The SMILES string of the molecule is CCNCC(CC)N1CCN(c2ccccc2F)CC1. The van der Waals surface area contributed by atoms with Crippen molar-refractivity contribution in [3.63, 3.8) is 0 Å². The first-order valence-corrected chi connectivity index (χ1v) is 7.70. The highest BCUT2D eigenvalue weighted by Gasteiger charge is 2.23. The van der Waals surface area contributed by atoms with Gasteiger partial charge in [0.2, 0.25) is 0 Å². The molecule has 3 nitrogen and oxygen atoms in total. The maximum absolute atomic E-state index is 13.8. The van der Waals surface area contributed by atoms with Crippen molar-refractivity contribution in [2.75, 3.05) is 44.2 Å². The highest BCUT2D eigenvalue weighted by atomic mass is 19.1. The third-order valence-electron chi connectivity index (χ3n) is 4.13. The van der Waals surface area contributed by atoms with Crippen LogP contribution in [0.4, 0.5) is 10.1 Å². The van der Waals surface area contributed by atoms with Crippen LogP contribution in [0.15, 0.2) is 24.3 Å².